The van der Waals surface area contributed by atoms with Gasteiger partial charge < -0.3 is 0 Å². The molecule has 0 atom stereocenters. The van der Waals surface area contributed by atoms with Gasteiger partial charge in [0.25, 0.3) is 0 Å². The molecule has 0 amide bonds. The van der Waals surface area contributed by atoms with E-state index >= 15 is 0 Å². The molecule has 1 heterocycles. The number of nitrogens with zero attached hydrogens (tertiary/aromatic N) is 2. The summed E-state index contributed by atoms with van der Waals surface area (Å²) in [5.41, 5.74) is 1.24. The summed E-state index contributed by atoms with van der Waals surface area (Å²) in [7, 11) is 0. The van der Waals surface area contributed by atoms with Crippen LogP contribution in [0.3, 0.4) is 0 Å². The van der Waals surface area contributed by atoms with Crippen molar-refractivity contribution in [2.24, 2.45) is 0 Å². The van der Waals surface area contributed by atoms with Gasteiger partial charge in [0.1, 0.15) is 0 Å². The van der Waals surface area contributed by atoms with Gasteiger partial charge in [-0.15, -0.1) is 0 Å². The molecule has 1 aliphatic carbocycles. The molecule has 1 saturated carbocycles. The molecule has 1 aliphatic rings. The summed E-state index contributed by atoms with van der Waals surface area (Å²) in [6.07, 6.45) is 5.89. The molecular formula is C9H12N2V. The number of rotatable bonds is 1. The SMILES string of the molecule is Cc1cnn(C2CCC2)[c](=[V])c1. The summed E-state index contributed by atoms with van der Waals surface area (Å²) in [5, 5.41) is 4.40. The Bertz CT molecular complexity index is 339. The minimum absolute atomic E-state index is 0.670. The van der Waals surface area contributed by atoms with Crippen LogP contribution in [0.15, 0.2) is 12.3 Å². The van der Waals surface area contributed by atoms with E-state index in [2.05, 4.69) is 39.7 Å². The fraction of sp³-hybridized carbons (Fsp3) is 0.556. The van der Waals surface area contributed by atoms with E-state index < -0.39 is 0 Å². The van der Waals surface area contributed by atoms with E-state index in [1.54, 1.807) is 0 Å². The molecule has 0 aromatic carbocycles. The Morgan fingerprint density at radius 3 is 2.83 bits per heavy atom. The average Bonchev–Trinajstić information content (AvgIpc) is 1.91. The van der Waals surface area contributed by atoms with E-state index in [0.717, 1.165) is 0 Å². The fourth-order valence-corrected chi connectivity index (χ4v) is 2.09. The molecule has 0 unspecified atom stereocenters. The van der Waals surface area contributed by atoms with E-state index in [1.165, 1.54) is 28.8 Å². The van der Waals surface area contributed by atoms with Gasteiger partial charge in [0, 0.05) is 0 Å². The summed E-state index contributed by atoms with van der Waals surface area (Å²) in [6, 6.07) is 2.84. The Hall–Kier alpha value is -0.336. The average molecular weight is 199 g/mol. The Balaban J connectivity index is 2.37. The van der Waals surface area contributed by atoms with Gasteiger partial charge in [0.05, 0.1) is 0 Å². The van der Waals surface area contributed by atoms with Crippen LogP contribution < -0.4 is 0 Å². The normalized spacial score (nSPS) is 17.3. The second-order valence-corrected chi connectivity index (χ2v) is 4.14. The fourth-order valence-electron chi connectivity index (χ4n) is 1.43. The molecule has 0 spiro atoms. The first-order valence-corrected chi connectivity index (χ1v) is 5.04. The maximum atomic E-state index is 4.40. The summed E-state index contributed by atoms with van der Waals surface area (Å²) in [5.74, 6) is 0. The molecule has 1 fully saturated rings. The van der Waals surface area contributed by atoms with E-state index in [-0.39, 0.29) is 0 Å². The van der Waals surface area contributed by atoms with Crippen molar-refractivity contribution in [1.82, 2.24) is 9.78 Å². The molecule has 0 bridgehead atoms. The molecule has 0 aliphatic heterocycles. The van der Waals surface area contributed by atoms with E-state index in [0.29, 0.717) is 6.04 Å². The molecule has 2 nitrogen and oxygen atoms in total. The molecule has 2 rings (SSSR count). The van der Waals surface area contributed by atoms with Crippen molar-refractivity contribution in [2.75, 3.05) is 0 Å². The van der Waals surface area contributed by atoms with Gasteiger partial charge in [-0.3, -0.25) is 0 Å². The monoisotopic (exact) mass is 199 g/mol. The van der Waals surface area contributed by atoms with Crippen LogP contribution in [0.25, 0.3) is 0 Å². The third-order valence-corrected chi connectivity index (χ3v) is 2.92. The summed E-state index contributed by atoms with van der Waals surface area (Å²) < 4.78 is 3.36. The zero-order valence-electron chi connectivity index (χ0n) is 7.20. The zero-order chi connectivity index (χ0) is 8.55. The van der Waals surface area contributed by atoms with Crippen LogP contribution in [0.4, 0.5) is 0 Å². The molecule has 0 saturated heterocycles. The third-order valence-electron chi connectivity index (χ3n) is 2.40. The molecule has 63 valence electrons. The molecule has 3 heteroatoms. The summed E-state index contributed by atoms with van der Waals surface area (Å²) >= 11 is 2.60. The quantitative estimate of drug-likeness (QED) is 0.676. The molecule has 1 aromatic heterocycles. The van der Waals surface area contributed by atoms with E-state index in [9.17, 15) is 0 Å². The Labute approximate surface area is 81.1 Å². The summed E-state index contributed by atoms with van der Waals surface area (Å²) in [4.78, 5) is 0. The number of aryl methyl sites for hydroxylation is 1. The first-order valence-electron chi connectivity index (χ1n) is 4.35. The molecular weight excluding hydrogens is 187 g/mol. The topological polar surface area (TPSA) is 17.8 Å². The van der Waals surface area contributed by atoms with Crippen molar-refractivity contribution < 1.29 is 17.0 Å². The van der Waals surface area contributed by atoms with Gasteiger partial charge in [-0.1, -0.05) is 0 Å². The Morgan fingerprint density at radius 2 is 2.33 bits per heavy atom. The Morgan fingerprint density at radius 1 is 1.58 bits per heavy atom. The van der Waals surface area contributed by atoms with Crippen LogP contribution in [0, 0.1) is 10.9 Å². The maximum absolute atomic E-state index is 4.40. The van der Waals surface area contributed by atoms with Crippen LogP contribution in [-0.4, -0.2) is 9.78 Å². The number of hydrogen-bond donors (Lipinski definition) is 0. The predicted molar refractivity (Wildman–Crippen MR) is 43.1 cm³/mol. The molecule has 12 heavy (non-hydrogen) atoms. The van der Waals surface area contributed by atoms with Crippen molar-refractivity contribution >= 4 is 0 Å². The van der Waals surface area contributed by atoms with Gasteiger partial charge in [0.15, 0.2) is 0 Å². The van der Waals surface area contributed by atoms with Gasteiger partial charge in [0.2, 0.25) is 0 Å². The third kappa shape index (κ3) is 1.41. The van der Waals surface area contributed by atoms with Gasteiger partial charge >= 0.3 is 80.8 Å². The van der Waals surface area contributed by atoms with E-state index in [4.69, 9.17) is 0 Å². The van der Waals surface area contributed by atoms with Crippen molar-refractivity contribution in [3.05, 3.63) is 21.8 Å². The standard InChI is InChI=1S/C9H12N2.V/c1-8-5-6-11(10-7-8)9-3-2-4-9;/h5,7,9H,2-4H2,1H3;. The zero-order valence-corrected chi connectivity index (χ0v) is 8.59. The second-order valence-electron chi connectivity index (χ2n) is 3.42. The van der Waals surface area contributed by atoms with Gasteiger partial charge in [-0.25, -0.2) is 0 Å². The summed E-state index contributed by atoms with van der Waals surface area (Å²) in [6.45, 7) is 2.08. The minimum atomic E-state index is 0.670. The molecule has 0 N–H and O–H groups in total. The van der Waals surface area contributed by atoms with Gasteiger partial charge in [-0.05, 0) is 0 Å². The second kappa shape index (κ2) is 3.19. The number of aromatic nitrogens is 2. The van der Waals surface area contributed by atoms with Crippen molar-refractivity contribution in [2.45, 2.75) is 32.2 Å². The van der Waals surface area contributed by atoms with Crippen molar-refractivity contribution in [3.63, 3.8) is 0 Å². The predicted octanol–water partition coefficient (Wildman–Crippen LogP) is 2.00. The van der Waals surface area contributed by atoms with E-state index in [1.807, 2.05) is 6.20 Å². The number of hydrogen-bond acceptors (Lipinski definition) is 1. The first kappa shape index (κ1) is 8.27. The van der Waals surface area contributed by atoms with Gasteiger partial charge in [-0.2, -0.15) is 0 Å². The first-order chi connectivity index (χ1) is 5.77. The van der Waals surface area contributed by atoms with Crippen LogP contribution in [-0.2, 0) is 17.0 Å². The van der Waals surface area contributed by atoms with Crippen LogP contribution in [0.2, 0.25) is 0 Å². The van der Waals surface area contributed by atoms with Crippen molar-refractivity contribution in [3.8, 4) is 0 Å². The Kier molecular flexibility index (Phi) is 2.20. The van der Waals surface area contributed by atoms with Crippen LogP contribution >= 0.6 is 0 Å². The van der Waals surface area contributed by atoms with Crippen LogP contribution in [0.5, 0.6) is 0 Å². The molecule has 1 aromatic rings. The van der Waals surface area contributed by atoms with Crippen LogP contribution in [0.1, 0.15) is 30.9 Å². The molecule has 0 radical (unpaired) electrons. The van der Waals surface area contributed by atoms with Crippen molar-refractivity contribution in [1.29, 1.82) is 0 Å².